The zero-order valence-electron chi connectivity index (χ0n) is 19.7. The molecule has 4 rings (SSSR count). The van der Waals surface area contributed by atoms with Gasteiger partial charge in [0, 0.05) is 44.3 Å². The maximum Gasteiger partial charge on any atom is 0.321 e. The molecule has 0 bridgehead atoms. The first-order chi connectivity index (χ1) is 17.1. The Kier molecular flexibility index (Phi) is 6.89. The molecular formula is C24H22ClFN8O2. The van der Waals surface area contributed by atoms with Crippen molar-refractivity contribution in [2.24, 2.45) is 0 Å². The number of pyridine rings is 1. The van der Waals surface area contributed by atoms with Crippen molar-refractivity contribution in [3.63, 3.8) is 0 Å². The van der Waals surface area contributed by atoms with E-state index in [1.807, 2.05) is 6.92 Å². The Hall–Kier alpha value is -4.43. The molecule has 0 aliphatic heterocycles. The number of anilines is 1. The van der Waals surface area contributed by atoms with Crippen LogP contribution < -0.4 is 10.6 Å². The van der Waals surface area contributed by atoms with Crippen molar-refractivity contribution in [1.82, 2.24) is 29.4 Å². The van der Waals surface area contributed by atoms with Gasteiger partial charge in [0.2, 0.25) is 0 Å². The van der Waals surface area contributed by atoms with Crippen LogP contribution in [0.25, 0.3) is 16.9 Å². The van der Waals surface area contributed by atoms with Gasteiger partial charge < -0.3 is 19.9 Å². The first-order valence-electron chi connectivity index (χ1n) is 10.9. The van der Waals surface area contributed by atoms with E-state index in [4.69, 9.17) is 16.9 Å². The van der Waals surface area contributed by atoms with Crippen LogP contribution in [-0.4, -0.2) is 56.1 Å². The third kappa shape index (κ3) is 5.29. The summed E-state index contributed by atoms with van der Waals surface area (Å²) in [7, 11) is 3.28. The van der Waals surface area contributed by atoms with E-state index in [9.17, 15) is 14.0 Å². The van der Waals surface area contributed by atoms with Crippen LogP contribution in [0.1, 0.15) is 23.0 Å². The topological polar surface area (TPSA) is 120 Å². The van der Waals surface area contributed by atoms with Crippen molar-refractivity contribution in [3.8, 4) is 17.3 Å². The fourth-order valence-electron chi connectivity index (χ4n) is 3.48. The van der Waals surface area contributed by atoms with Crippen LogP contribution in [0.5, 0.6) is 0 Å². The Morgan fingerprint density at radius 3 is 2.72 bits per heavy atom. The van der Waals surface area contributed by atoms with Crippen LogP contribution in [0.2, 0.25) is 5.02 Å². The number of imidazole rings is 1. The molecule has 2 N–H and O–H groups in total. The predicted octanol–water partition coefficient (Wildman–Crippen LogP) is 3.77. The zero-order chi connectivity index (χ0) is 26.0. The average molecular weight is 509 g/mol. The number of rotatable bonds is 6. The standard InChI is InChI=1S/C24H22ClFN8O2/c1-14(11-34-7-6-20(31-34)15-8-18(25)17(10-27)19(26)9-15)28-23(35)21-13-33-12-16(4-5-22(33)30-21)29-24(36)32(2)3/h4-9,12-14H,11H2,1-3H3,(H,28,35)(H,29,36)/t14-/m0/s1. The van der Waals surface area contributed by atoms with E-state index in [1.165, 1.54) is 17.0 Å². The van der Waals surface area contributed by atoms with Gasteiger partial charge in [-0.3, -0.25) is 9.48 Å². The van der Waals surface area contributed by atoms with E-state index >= 15 is 0 Å². The summed E-state index contributed by atoms with van der Waals surface area (Å²) in [6.45, 7) is 2.18. The number of carbonyl (C=O) groups is 2. The van der Waals surface area contributed by atoms with Crippen LogP contribution in [0.15, 0.2) is 48.9 Å². The Bertz CT molecular complexity index is 1480. The SMILES string of the molecule is C[C@@H](Cn1ccc(-c2cc(F)c(C#N)c(Cl)c2)n1)NC(=O)c1cn2cc(NC(=O)N(C)C)ccc2n1. The highest BCUT2D eigenvalue weighted by molar-refractivity contribution is 6.32. The van der Waals surface area contributed by atoms with Crippen LogP contribution in [0, 0.1) is 17.1 Å². The summed E-state index contributed by atoms with van der Waals surface area (Å²) in [5.41, 5.74) is 2.06. The minimum atomic E-state index is -0.713. The Balaban J connectivity index is 1.41. The van der Waals surface area contributed by atoms with Crippen molar-refractivity contribution < 1.29 is 14.0 Å². The summed E-state index contributed by atoms with van der Waals surface area (Å²) < 4.78 is 17.4. The number of amides is 3. The largest absolute Gasteiger partial charge is 0.346 e. The highest BCUT2D eigenvalue weighted by Gasteiger charge is 2.16. The summed E-state index contributed by atoms with van der Waals surface area (Å²) in [5.74, 6) is -1.08. The van der Waals surface area contributed by atoms with Crippen LogP contribution >= 0.6 is 11.6 Å². The predicted molar refractivity (Wildman–Crippen MR) is 132 cm³/mol. The molecule has 10 nitrogen and oxygen atoms in total. The number of benzene rings is 1. The second-order valence-electron chi connectivity index (χ2n) is 8.36. The molecule has 0 spiro atoms. The van der Waals surface area contributed by atoms with E-state index in [2.05, 4.69) is 20.7 Å². The van der Waals surface area contributed by atoms with Crippen molar-refractivity contribution in [1.29, 1.82) is 5.26 Å². The summed E-state index contributed by atoms with van der Waals surface area (Å²) in [5, 5.41) is 19.0. The summed E-state index contributed by atoms with van der Waals surface area (Å²) in [6, 6.07) is 8.96. The van der Waals surface area contributed by atoms with Gasteiger partial charge in [-0.15, -0.1) is 0 Å². The van der Waals surface area contributed by atoms with E-state index in [1.54, 1.807) is 66.0 Å². The first kappa shape index (κ1) is 24.7. The lowest BCUT2D eigenvalue weighted by Gasteiger charge is -2.13. The van der Waals surface area contributed by atoms with Crippen molar-refractivity contribution in [3.05, 3.63) is 71.0 Å². The highest BCUT2D eigenvalue weighted by Crippen LogP contribution is 2.26. The van der Waals surface area contributed by atoms with Gasteiger partial charge in [0.05, 0.1) is 22.9 Å². The Morgan fingerprint density at radius 2 is 2.03 bits per heavy atom. The van der Waals surface area contributed by atoms with E-state index in [-0.39, 0.29) is 34.3 Å². The van der Waals surface area contributed by atoms with Gasteiger partial charge in [0.25, 0.3) is 5.91 Å². The maximum absolute atomic E-state index is 14.1. The number of hydrogen-bond donors (Lipinski definition) is 2. The maximum atomic E-state index is 14.1. The third-order valence-corrected chi connectivity index (χ3v) is 5.57. The second-order valence-corrected chi connectivity index (χ2v) is 8.77. The number of nitrogens with zero attached hydrogens (tertiary/aromatic N) is 6. The molecule has 0 aliphatic carbocycles. The summed E-state index contributed by atoms with van der Waals surface area (Å²) in [4.78, 5) is 30.4. The van der Waals surface area contributed by atoms with Crippen molar-refractivity contribution >= 4 is 34.9 Å². The number of carbonyl (C=O) groups excluding carboxylic acids is 2. The number of fused-ring (bicyclic) bond motifs is 1. The number of nitriles is 1. The van der Waals surface area contributed by atoms with Crippen LogP contribution in [0.3, 0.4) is 0 Å². The normalized spacial score (nSPS) is 11.7. The summed E-state index contributed by atoms with van der Waals surface area (Å²) >= 11 is 5.99. The van der Waals surface area contributed by atoms with Gasteiger partial charge >= 0.3 is 6.03 Å². The zero-order valence-corrected chi connectivity index (χ0v) is 20.4. The van der Waals surface area contributed by atoms with Gasteiger partial charge in [-0.25, -0.2) is 14.2 Å². The molecule has 0 fully saturated rings. The molecule has 0 saturated carbocycles. The van der Waals surface area contributed by atoms with E-state index in [0.717, 1.165) is 0 Å². The Morgan fingerprint density at radius 1 is 1.25 bits per heavy atom. The summed E-state index contributed by atoms with van der Waals surface area (Å²) in [6.07, 6.45) is 4.96. The fraction of sp³-hybridized carbons (Fsp3) is 0.208. The molecule has 0 unspecified atom stereocenters. The molecule has 1 aromatic carbocycles. The highest BCUT2D eigenvalue weighted by atomic mass is 35.5. The molecule has 184 valence electrons. The number of nitrogens with one attached hydrogen (secondary N) is 2. The second kappa shape index (κ2) is 10.1. The number of urea groups is 1. The molecule has 0 aliphatic rings. The fourth-order valence-corrected chi connectivity index (χ4v) is 3.73. The lowest BCUT2D eigenvalue weighted by Crippen LogP contribution is -2.36. The molecule has 36 heavy (non-hydrogen) atoms. The van der Waals surface area contributed by atoms with Gasteiger partial charge in [-0.05, 0) is 37.3 Å². The molecule has 0 saturated heterocycles. The van der Waals surface area contributed by atoms with Crippen LogP contribution in [0.4, 0.5) is 14.9 Å². The molecule has 4 aromatic rings. The van der Waals surface area contributed by atoms with Crippen molar-refractivity contribution in [2.75, 3.05) is 19.4 Å². The lowest BCUT2D eigenvalue weighted by molar-refractivity contribution is 0.0931. The smallest absolute Gasteiger partial charge is 0.321 e. The van der Waals surface area contributed by atoms with Crippen LogP contribution in [-0.2, 0) is 6.54 Å². The Labute approximate surface area is 210 Å². The van der Waals surface area contributed by atoms with Gasteiger partial charge in [0.1, 0.15) is 28.8 Å². The van der Waals surface area contributed by atoms with Crippen molar-refractivity contribution in [2.45, 2.75) is 19.5 Å². The molecule has 3 amide bonds. The van der Waals surface area contributed by atoms with Gasteiger partial charge in [0.15, 0.2) is 0 Å². The quantitative estimate of drug-likeness (QED) is 0.410. The van der Waals surface area contributed by atoms with E-state index < -0.39 is 5.82 Å². The average Bonchev–Trinajstić information content (AvgIpc) is 3.45. The first-order valence-corrected chi connectivity index (χ1v) is 11.2. The molecule has 0 radical (unpaired) electrons. The molecule has 12 heteroatoms. The number of hydrogen-bond acceptors (Lipinski definition) is 5. The molecular weight excluding hydrogens is 487 g/mol. The lowest BCUT2D eigenvalue weighted by atomic mass is 10.1. The minimum absolute atomic E-state index is 0.0161. The molecule has 3 heterocycles. The molecule has 3 aromatic heterocycles. The monoisotopic (exact) mass is 508 g/mol. The molecule has 1 atom stereocenters. The number of aromatic nitrogens is 4. The third-order valence-electron chi connectivity index (χ3n) is 5.27. The minimum Gasteiger partial charge on any atom is -0.346 e. The number of halogens is 2. The van der Waals surface area contributed by atoms with E-state index in [0.29, 0.717) is 29.1 Å². The van der Waals surface area contributed by atoms with Gasteiger partial charge in [-0.1, -0.05) is 11.6 Å². The van der Waals surface area contributed by atoms with Gasteiger partial charge in [-0.2, -0.15) is 10.4 Å².